The molecule has 0 fully saturated rings. The number of hydrogen-bond acceptors (Lipinski definition) is 1. The second-order valence-electron chi connectivity index (χ2n) is 4.36. The summed E-state index contributed by atoms with van der Waals surface area (Å²) in [4.78, 5) is 0. The van der Waals surface area contributed by atoms with Crippen molar-refractivity contribution in [1.82, 2.24) is 0 Å². The summed E-state index contributed by atoms with van der Waals surface area (Å²) in [6, 6.07) is 12.3. The van der Waals surface area contributed by atoms with Crippen LogP contribution >= 0.6 is 0 Å². The van der Waals surface area contributed by atoms with Crippen LogP contribution in [0.2, 0.25) is 0 Å². The predicted octanol–water partition coefficient (Wildman–Crippen LogP) is 3.53. The second-order valence-corrected chi connectivity index (χ2v) is 4.36. The maximum Gasteiger partial charge on any atom is 0.115 e. The summed E-state index contributed by atoms with van der Waals surface area (Å²) < 4.78 is 0. The van der Waals surface area contributed by atoms with Gasteiger partial charge in [0.25, 0.3) is 0 Å². The fourth-order valence-electron chi connectivity index (χ4n) is 2.47. The molecule has 1 aliphatic carbocycles. The average Bonchev–Trinajstić information content (AvgIpc) is 2.64. The Labute approximate surface area is 95.4 Å². The summed E-state index contributed by atoms with van der Waals surface area (Å²) in [6.07, 6.45) is 2.03. The third-order valence-corrected chi connectivity index (χ3v) is 3.34. The molecule has 1 heteroatoms. The van der Waals surface area contributed by atoms with E-state index in [-0.39, 0.29) is 0 Å². The van der Waals surface area contributed by atoms with Gasteiger partial charge >= 0.3 is 0 Å². The molecule has 80 valence electrons. The van der Waals surface area contributed by atoms with E-state index in [0.29, 0.717) is 5.75 Å². The topological polar surface area (TPSA) is 20.2 Å². The molecule has 1 aliphatic rings. The number of fused-ring (bicyclic) bond motifs is 3. The van der Waals surface area contributed by atoms with Crippen LogP contribution in [0.3, 0.4) is 0 Å². The highest BCUT2D eigenvalue weighted by Crippen LogP contribution is 2.38. The number of hydrogen-bond donors (Lipinski definition) is 1. The van der Waals surface area contributed by atoms with Gasteiger partial charge < -0.3 is 5.11 Å². The molecule has 0 radical (unpaired) electrons. The lowest BCUT2D eigenvalue weighted by Crippen LogP contribution is -1.84. The number of phenolic OH excluding ortho intramolecular Hbond substituents is 1. The van der Waals surface area contributed by atoms with E-state index in [4.69, 9.17) is 0 Å². The first-order chi connectivity index (χ1) is 7.78. The van der Waals surface area contributed by atoms with Crippen LogP contribution in [0.1, 0.15) is 23.6 Å². The van der Waals surface area contributed by atoms with Crippen molar-refractivity contribution in [2.24, 2.45) is 0 Å². The number of benzene rings is 2. The zero-order valence-electron chi connectivity index (χ0n) is 9.33. The third kappa shape index (κ3) is 1.32. The highest BCUT2D eigenvalue weighted by molar-refractivity contribution is 5.77. The van der Waals surface area contributed by atoms with Crippen LogP contribution in [0, 0.1) is 0 Å². The smallest absolute Gasteiger partial charge is 0.115 e. The predicted molar refractivity (Wildman–Crippen MR) is 65.7 cm³/mol. The fourth-order valence-corrected chi connectivity index (χ4v) is 2.47. The molecule has 2 aromatic rings. The molecule has 1 N–H and O–H groups in total. The van der Waals surface area contributed by atoms with Crippen LogP contribution < -0.4 is 0 Å². The zero-order chi connectivity index (χ0) is 11.1. The first-order valence-electron chi connectivity index (χ1n) is 5.72. The van der Waals surface area contributed by atoms with Crippen LogP contribution in [-0.4, -0.2) is 5.11 Å². The van der Waals surface area contributed by atoms with Crippen LogP contribution in [0.5, 0.6) is 5.75 Å². The largest absolute Gasteiger partial charge is 0.508 e. The molecule has 0 aliphatic heterocycles. The standard InChI is InChI=1S/C15H14O/c1-2-10-3-5-14-11(7-10)8-12-9-13(16)4-6-15(12)14/h3-7,9,16H,2,8H2,1H3. The van der Waals surface area contributed by atoms with Gasteiger partial charge in [0, 0.05) is 0 Å². The quantitative estimate of drug-likeness (QED) is 0.651. The first kappa shape index (κ1) is 9.46. The van der Waals surface area contributed by atoms with Crippen molar-refractivity contribution < 1.29 is 5.11 Å². The van der Waals surface area contributed by atoms with Gasteiger partial charge in [0.05, 0.1) is 0 Å². The molecule has 0 saturated heterocycles. The first-order valence-corrected chi connectivity index (χ1v) is 5.72. The maximum atomic E-state index is 9.48. The maximum absolute atomic E-state index is 9.48. The molecule has 0 saturated carbocycles. The lowest BCUT2D eigenvalue weighted by Gasteiger charge is -2.03. The van der Waals surface area contributed by atoms with Crippen LogP contribution in [0.25, 0.3) is 11.1 Å². The van der Waals surface area contributed by atoms with Crippen molar-refractivity contribution in [3.05, 3.63) is 53.1 Å². The van der Waals surface area contributed by atoms with E-state index in [0.717, 1.165) is 12.8 Å². The summed E-state index contributed by atoms with van der Waals surface area (Å²) in [5.74, 6) is 0.363. The Hall–Kier alpha value is -1.76. The van der Waals surface area contributed by atoms with Gasteiger partial charge in [0.1, 0.15) is 5.75 Å². The van der Waals surface area contributed by atoms with Gasteiger partial charge in [-0.25, -0.2) is 0 Å². The highest BCUT2D eigenvalue weighted by Gasteiger charge is 2.18. The molecule has 0 amide bonds. The van der Waals surface area contributed by atoms with Crippen molar-refractivity contribution in [3.63, 3.8) is 0 Å². The van der Waals surface area contributed by atoms with Gasteiger partial charge in [-0.2, -0.15) is 0 Å². The average molecular weight is 210 g/mol. The van der Waals surface area contributed by atoms with Crippen LogP contribution in [0.15, 0.2) is 36.4 Å². The van der Waals surface area contributed by atoms with E-state index in [2.05, 4.69) is 25.1 Å². The summed E-state index contributed by atoms with van der Waals surface area (Å²) in [6.45, 7) is 2.18. The molecule has 3 rings (SSSR count). The van der Waals surface area contributed by atoms with Gasteiger partial charge in [-0.15, -0.1) is 0 Å². The molecular formula is C15H14O. The van der Waals surface area contributed by atoms with Crippen molar-refractivity contribution in [2.75, 3.05) is 0 Å². The molecule has 0 atom stereocenters. The van der Waals surface area contributed by atoms with E-state index in [1.807, 2.05) is 12.1 Å². The minimum absolute atomic E-state index is 0.363. The third-order valence-electron chi connectivity index (χ3n) is 3.34. The molecule has 0 aromatic heterocycles. The molecule has 2 aromatic carbocycles. The minimum atomic E-state index is 0.363. The Balaban J connectivity index is 2.16. The van der Waals surface area contributed by atoms with Gasteiger partial charge in [-0.3, -0.25) is 0 Å². The lowest BCUT2D eigenvalue weighted by molar-refractivity contribution is 0.475. The molecule has 1 nitrogen and oxygen atoms in total. The Morgan fingerprint density at radius 2 is 1.69 bits per heavy atom. The van der Waals surface area contributed by atoms with Crippen LogP contribution in [-0.2, 0) is 12.8 Å². The van der Waals surface area contributed by atoms with Crippen LogP contribution in [0.4, 0.5) is 0 Å². The van der Waals surface area contributed by atoms with E-state index in [1.54, 1.807) is 6.07 Å². The normalized spacial score (nSPS) is 12.3. The van der Waals surface area contributed by atoms with E-state index in [1.165, 1.54) is 27.8 Å². The monoisotopic (exact) mass is 210 g/mol. The second kappa shape index (κ2) is 3.38. The Morgan fingerprint density at radius 3 is 2.44 bits per heavy atom. The number of rotatable bonds is 1. The summed E-state index contributed by atoms with van der Waals surface area (Å²) >= 11 is 0. The molecule has 16 heavy (non-hydrogen) atoms. The highest BCUT2D eigenvalue weighted by atomic mass is 16.3. The SMILES string of the molecule is CCc1ccc2c(c1)Cc1cc(O)ccc1-2. The van der Waals surface area contributed by atoms with Crippen molar-refractivity contribution in [2.45, 2.75) is 19.8 Å². The lowest BCUT2D eigenvalue weighted by atomic mass is 10.0. The van der Waals surface area contributed by atoms with E-state index >= 15 is 0 Å². The summed E-state index contributed by atoms with van der Waals surface area (Å²) in [5, 5.41) is 9.48. The van der Waals surface area contributed by atoms with Gasteiger partial charge in [0.2, 0.25) is 0 Å². The molecule has 0 spiro atoms. The molecule has 0 heterocycles. The number of phenols is 1. The van der Waals surface area contributed by atoms with E-state index in [9.17, 15) is 5.11 Å². The summed E-state index contributed by atoms with van der Waals surface area (Å²) in [7, 11) is 0. The molecule has 0 unspecified atom stereocenters. The van der Waals surface area contributed by atoms with Gasteiger partial charge in [0.15, 0.2) is 0 Å². The molecule has 0 bridgehead atoms. The molecular weight excluding hydrogens is 196 g/mol. The van der Waals surface area contributed by atoms with Crippen molar-refractivity contribution in [3.8, 4) is 16.9 Å². The zero-order valence-corrected chi connectivity index (χ0v) is 9.33. The Bertz CT molecular complexity index is 555. The van der Waals surface area contributed by atoms with Crippen molar-refractivity contribution in [1.29, 1.82) is 0 Å². The van der Waals surface area contributed by atoms with Gasteiger partial charge in [-0.05, 0) is 52.8 Å². The number of aryl methyl sites for hydroxylation is 1. The van der Waals surface area contributed by atoms with Crippen molar-refractivity contribution >= 4 is 0 Å². The number of aromatic hydroxyl groups is 1. The summed E-state index contributed by atoms with van der Waals surface area (Å²) in [5.41, 5.74) is 6.61. The van der Waals surface area contributed by atoms with E-state index < -0.39 is 0 Å². The Kier molecular flexibility index (Phi) is 2.00. The fraction of sp³-hybridized carbons (Fsp3) is 0.200. The Morgan fingerprint density at radius 1 is 1.00 bits per heavy atom. The van der Waals surface area contributed by atoms with Gasteiger partial charge in [-0.1, -0.05) is 31.2 Å². The minimum Gasteiger partial charge on any atom is -0.508 e.